The first kappa shape index (κ1) is 17.8. The third-order valence-electron chi connectivity index (χ3n) is 3.88. The smallest absolute Gasteiger partial charge is 0.203 e. The number of thiophene rings is 1. The summed E-state index contributed by atoms with van der Waals surface area (Å²) < 4.78 is 16.2. The fraction of sp³-hybridized carbons (Fsp3) is 0.158. The van der Waals surface area contributed by atoms with Crippen LogP contribution in [0.4, 0.5) is 0 Å². The SMILES string of the molecule is COc1cc(-c2ccc(-c3ccc(C(=N)N)nc3)s2)cc(OC)c1OC. The van der Waals surface area contributed by atoms with Gasteiger partial charge >= 0.3 is 0 Å². The van der Waals surface area contributed by atoms with E-state index in [1.807, 2.05) is 30.3 Å². The molecule has 6 nitrogen and oxygen atoms in total. The van der Waals surface area contributed by atoms with E-state index in [0.717, 1.165) is 20.9 Å². The number of nitrogens with zero attached hydrogens (tertiary/aromatic N) is 1. The molecule has 7 heteroatoms. The molecule has 0 amide bonds. The van der Waals surface area contributed by atoms with Crippen LogP contribution in [0.2, 0.25) is 0 Å². The Morgan fingerprint density at radius 3 is 2.00 bits per heavy atom. The van der Waals surface area contributed by atoms with Crippen molar-refractivity contribution >= 4 is 17.2 Å². The summed E-state index contributed by atoms with van der Waals surface area (Å²) in [6.07, 6.45) is 1.72. The number of aromatic nitrogens is 1. The van der Waals surface area contributed by atoms with Crippen molar-refractivity contribution in [1.82, 2.24) is 4.98 Å². The van der Waals surface area contributed by atoms with Crippen LogP contribution in [0.3, 0.4) is 0 Å². The quantitative estimate of drug-likeness (QED) is 0.510. The summed E-state index contributed by atoms with van der Waals surface area (Å²) in [6.45, 7) is 0. The summed E-state index contributed by atoms with van der Waals surface area (Å²) in [6, 6.07) is 11.6. The van der Waals surface area contributed by atoms with Crippen molar-refractivity contribution in [3.8, 4) is 38.1 Å². The minimum atomic E-state index is -0.0409. The molecule has 3 rings (SSSR count). The molecule has 0 saturated heterocycles. The van der Waals surface area contributed by atoms with Crippen LogP contribution in [-0.4, -0.2) is 32.1 Å². The lowest BCUT2D eigenvalue weighted by Gasteiger charge is -2.13. The van der Waals surface area contributed by atoms with Gasteiger partial charge in [-0.1, -0.05) is 0 Å². The Labute approximate surface area is 155 Å². The van der Waals surface area contributed by atoms with Gasteiger partial charge in [0.15, 0.2) is 11.5 Å². The Kier molecular flexibility index (Phi) is 5.09. The second-order valence-electron chi connectivity index (χ2n) is 5.42. The zero-order valence-corrected chi connectivity index (χ0v) is 15.5. The van der Waals surface area contributed by atoms with Gasteiger partial charge in [0.2, 0.25) is 5.75 Å². The lowest BCUT2D eigenvalue weighted by atomic mass is 10.1. The number of hydrogen-bond donors (Lipinski definition) is 2. The minimum absolute atomic E-state index is 0.0409. The molecule has 0 atom stereocenters. The third-order valence-corrected chi connectivity index (χ3v) is 5.06. The van der Waals surface area contributed by atoms with Gasteiger partial charge < -0.3 is 19.9 Å². The molecular formula is C19H19N3O3S. The standard InChI is InChI=1S/C19H19N3O3S/c1-23-14-8-12(9-15(24-2)18(14)25-3)17-7-6-16(26-17)11-4-5-13(19(20)21)22-10-11/h4-10H,1-3H3,(H3,20,21). The van der Waals surface area contributed by atoms with Gasteiger partial charge in [0.25, 0.3) is 0 Å². The van der Waals surface area contributed by atoms with Crippen LogP contribution in [0.5, 0.6) is 17.2 Å². The fourth-order valence-electron chi connectivity index (χ4n) is 2.57. The van der Waals surface area contributed by atoms with Crippen LogP contribution < -0.4 is 19.9 Å². The first-order valence-electron chi connectivity index (χ1n) is 7.78. The van der Waals surface area contributed by atoms with Crippen LogP contribution in [0.25, 0.3) is 20.9 Å². The van der Waals surface area contributed by atoms with Crippen LogP contribution in [0, 0.1) is 5.41 Å². The second kappa shape index (κ2) is 7.45. The van der Waals surface area contributed by atoms with E-state index in [4.69, 9.17) is 25.4 Å². The number of nitrogens with one attached hydrogen (secondary N) is 1. The monoisotopic (exact) mass is 369 g/mol. The summed E-state index contributed by atoms with van der Waals surface area (Å²) in [5.74, 6) is 1.76. The maximum atomic E-state index is 7.42. The van der Waals surface area contributed by atoms with Crippen molar-refractivity contribution in [2.75, 3.05) is 21.3 Å². The first-order valence-corrected chi connectivity index (χ1v) is 8.60. The Balaban J connectivity index is 1.98. The Morgan fingerprint density at radius 1 is 0.923 bits per heavy atom. The molecule has 26 heavy (non-hydrogen) atoms. The van der Waals surface area contributed by atoms with E-state index in [1.54, 1.807) is 44.9 Å². The molecule has 0 bridgehead atoms. The zero-order chi connectivity index (χ0) is 18.7. The lowest BCUT2D eigenvalue weighted by molar-refractivity contribution is 0.324. The van der Waals surface area contributed by atoms with E-state index in [1.165, 1.54) is 0 Å². The highest BCUT2D eigenvalue weighted by Gasteiger charge is 2.15. The van der Waals surface area contributed by atoms with Gasteiger partial charge in [0.05, 0.1) is 21.3 Å². The summed E-state index contributed by atoms with van der Waals surface area (Å²) >= 11 is 1.63. The number of nitrogen functional groups attached to an aromatic ring is 1. The Bertz CT molecular complexity index is 910. The van der Waals surface area contributed by atoms with Gasteiger partial charge in [-0.05, 0) is 42.0 Å². The average Bonchev–Trinajstić information content (AvgIpc) is 3.17. The van der Waals surface area contributed by atoms with Gasteiger partial charge in [-0.15, -0.1) is 11.3 Å². The zero-order valence-electron chi connectivity index (χ0n) is 14.7. The van der Waals surface area contributed by atoms with Gasteiger partial charge in [-0.3, -0.25) is 10.4 Å². The normalized spacial score (nSPS) is 10.4. The molecule has 3 aromatic rings. The molecule has 0 aliphatic carbocycles. The van der Waals surface area contributed by atoms with Crippen molar-refractivity contribution in [3.63, 3.8) is 0 Å². The lowest BCUT2D eigenvalue weighted by Crippen LogP contribution is -2.12. The number of methoxy groups -OCH3 is 3. The molecule has 0 aliphatic heterocycles. The highest BCUT2D eigenvalue weighted by molar-refractivity contribution is 7.18. The number of amidine groups is 1. The highest BCUT2D eigenvalue weighted by Crippen LogP contribution is 2.43. The predicted octanol–water partition coefficient (Wildman–Crippen LogP) is 3.79. The van der Waals surface area contributed by atoms with E-state index >= 15 is 0 Å². The van der Waals surface area contributed by atoms with Gasteiger partial charge in [-0.2, -0.15) is 0 Å². The number of hydrogen-bond acceptors (Lipinski definition) is 6. The van der Waals surface area contributed by atoms with Crippen molar-refractivity contribution in [3.05, 3.63) is 48.3 Å². The van der Waals surface area contributed by atoms with Crippen LogP contribution in [0.1, 0.15) is 5.69 Å². The summed E-state index contributed by atoms with van der Waals surface area (Å²) in [5, 5.41) is 7.42. The topological polar surface area (TPSA) is 90.5 Å². The van der Waals surface area contributed by atoms with E-state index < -0.39 is 0 Å². The Hall–Kier alpha value is -3.06. The summed E-state index contributed by atoms with van der Waals surface area (Å²) in [5.41, 5.74) is 7.87. The van der Waals surface area contributed by atoms with Gasteiger partial charge in [0, 0.05) is 21.5 Å². The molecule has 3 N–H and O–H groups in total. The van der Waals surface area contributed by atoms with E-state index in [2.05, 4.69) is 4.98 Å². The summed E-state index contributed by atoms with van der Waals surface area (Å²) in [7, 11) is 4.79. The molecule has 1 aromatic carbocycles. The molecule has 0 spiro atoms. The number of benzene rings is 1. The average molecular weight is 369 g/mol. The van der Waals surface area contributed by atoms with Crippen molar-refractivity contribution < 1.29 is 14.2 Å². The first-order chi connectivity index (χ1) is 12.6. The predicted molar refractivity (Wildman–Crippen MR) is 104 cm³/mol. The third kappa shape index (κ3) is 3.34. The maximum absolute atomic E-state index is 7.42. The Morgan fingerprint density at radius 2 is 1.54 bits per heavy atom. The van der Waals surface area contributed by atoms with Crippen LogP contribution in [0.15, 0.2) is 42.6 Å². The minimum Gasteiger partial charge on any atom is -0.493 e. The number of rotatable bonds is 6. The van der Waals surface area contributed by atoms with E-state index in [9.17, 15) is 0 Å². The fourth-order valence-corrected chi connectivity index (χ4v) is 3.55. The van der Waals surface area contributed by atoms with Crippen molar-refractivity contribution in [2.24, 2.45) is 5.73 Å². The van der Waals surface area contributed by atoms with Crippen LogP contribution >= 0.6 is 11.3 Å². The van der Waals surface area contributed by atoms with Crippen molar-refractivity contribution in [2.45, 2.75) is 0 Å². The molecule has 0 radical (unpaired) electrons. The number of pyridine rings is 1. The largest absolute Gasteiger partial charge is 0.493 e. The van der Waals surface area contributed by atoms with E-state index in [0.29, 0.717) is 22.9 Å². The van der Waals surface area contributed by atoms with Crippen LogP contribution in [-0.2, 0) is 0 Å². The second-order valence-corrected chi connectivity index (χ2v) is 6.51. The maximum Gasteiger partial charge on any atom is 0.203 e. The highest BCUT2D eigenvalue weighted by atomic mass is 32.1. The molecule has 0 aliphatic rings. The molecular weight excluding hydrogens is 350 g/mol. The molecule has 2 aromatic heterocycles. The number of nitrogens with two attached hydrogens (primary N) is 1. The van der Waals surface area contributed by atoms with Crippen molar-refractivity contribution in [1.29, 1.82) is 5.41 Å². The van der Waals surface area contributed by atoms with E-state index in [-0.39, 0.29) is 5.84 Å². The molecule has 0 fully saturated rings. The molecule has 0 unspecified atom stereocenters. The number of ether oxygens (including phenoxy) is 3. The molecule has 134 valence electrons. The van der Waals surface area contributed by atoms with Gasteiger partial charge in [-0.25, -0.2) is 0 Å². The molecule has 2 heterocycles. The summed E-state index contributed by atoms with van der Waals surface area (Å²) in [4.78, 5) is 6.35. The van der Waals surface area contributed by atoms with Gasteiger partial charge in [0.1, 0.15) is 11.5 Å². The molecule has 0 saturated carbocycles.